The van der Waals surface area contributed by atoms with E-state index >= 15 is 0 Å². The van der Waals surface area contributed by atoms with Crippen LogP contribution in [0.1, 0.15) is 44.1 Å². The van der Waals surface area contributed by atoms with E-state index in [2.05, 4.69) is 14.3 Å². The molecule has 1 N–H and O–H groups in total. The molecule has 0 radical (unpaired) electrons. The molecule has 1 aliphatic carbocycles. The first-order valence-corrected chi connectivity index (χ1v) is 10.4. The molecule has 0 unspecified atom stereocenters. The zero-order chi connectivity index (χ0) is 18.0. The average Bonchev–Trinajstić information content (AvgIpc) is 3.31. The van der Waals surface area contributed by atoms with Crippen molar-refractivity contribution in [1.29, 1.82) is 0 Å². The highest BCUT2D eigenvalue weighted by Gasteiger charge is 2.30. The van der Waals surface area contributed by atoms with Gasteiger partial charge in [-0.15, -0.1) is 0 Å². The molecule has 1 amide bonds. The van der Waals surface area contributed by atoms with Gasteiger partial charge in [0.05, 0.1) is 43.6 Å². The van der Waals surface area contributed by atoms with Crippen LogP contribution in [0.2, 0.25) is 0 Å². The molecule has 140 valence electrons. The summed E-state index contributed by atoms with van der Waals surface area (Å²) in [7, 11) is -3.51. The normalized spacial score (nSPS) is 17.8. The van der Waals surface area contributed by atoms with Crippen LogP contribution in [-0.2, 0) is 32.5 Å². The first kappa shape index (κ1) is 18.3. The lowest BCUT2D eigenvalue weighted by Gasteiger charge is -2.27. The molecule has 3 rings (SSSR count). The van der Waals surface area contributed by atoms with Gasteiger partial charge in [0.15, 0.2) is 0 Å². The zero-order valence-corrected chi connectivity index (χ0v) is 15.6. The van der Waals surface area contributed by atoms with Gasteiger partial charge in [-0.2, -0.15) is 0 Å². The Bertz CT molecular complexity index is 724. The number of amides is 1. The van der Waals surface area contributed by atoms with Crippen LogP contribution in [0.5, 0.6) is 0 Å². The average molecular weight is 370 g/mol. The number of imidazole rings is 1. The van der Waals surface area contributed by atoms with E-state index in [-0.39, 0.29) is 30.9 Å². The number of nitrogens with zero attached hydrogens (tertiary/aromatic N) is 3. The molecule has 1 fully saturated rings. The second kappa shape index (κ2) is 7.43. The molecule has 0 saturated heterocycles. The number of ether oxygens (including phenoxy) is 1. The summed E-state index contributed by atoms with van der Waals surface area (Å²) < 4.78 is 33.6. The number of nitrogens with one attached hydrogen (secondary N) is 1. The fraction of sp³-hybridized carbons (Fsp3) is 0.750. The van der Waals surface area contributed by atoms with Gasteiger partial charge in [-0.05, 0) is 26.7 Å². The molecule has 0 spiro atoms. The topological polar surface area (TPSA) is 93.5 Å². The van der Waals surface area contributed by atoms with Crippen molar-refractivity contribution < 1.29 is 17.9 Å². The maximum atomic E-state index is 12.3. The van der Waals surface area contributed by atoms with Crippen LogP contribution >= 0.6 is 0 Å². The number of rotatable bonds is 8. The zero-order valence-electron chi connectivity index (χ0n) is 14.8. The lowest BCUT2D eigenvalue weighted by molar-refractivity contribution is -0.130. The van der Waals surface area contributed by atoms with Crippen LogP contribution in [0.25, 0.3) is 0 Å². The highest BCUT2D eigenvalue weighted by molar-refractivity contribution is 7.89. The molecule has 2 aliphatic rings. The van der Waals surface area contributed by atoms with Crippen molar-refractivity contribution in [3.63, 3.8) is 0 Å². The predicted octanol–water partition coefficient (Wildman–Crippen LogP) is 0.447. The molecule has 2 heterocycles. The third kappa shape index (κ3) is 4.80. The fourth-order valence-electron chi connectivity index (χ4n) is 2.96. The Morgan fingerprint density at radius 1 is 1.44 bits per heavy atom. The van der Waals surface area contributed by atoms with E-state index in [9.17, 15) is 13.2 Å². The van der Waals surface area contributed by atoms with Gasteiger partial charge >= 0.3 is 0 Å². The lowest BCUT2D eigenvalue weighted by atomic mass is 10.1. The number of sulfonamides is 1. The summed E-state index contributed by atoms with van der Waals surface area (Å²) in [5, 5.41) is 0. The Kier molecular flexibility index (Phi) is 5.45. The van der Waals surface area contributed by atoms with E-state index in [0.717, 1.165) is 12.1 Å². The first-order valence-electron chi connectivity index (χ1n) is 8.77. The highest BCUT2D eigenvalue weighted by atomic mass is 32.2. The van der Waals surface area contributed by atoms with Gasteiger partial charge in [0.1, 0.15) is 0 Å². The number of carbonyl (C=O) groups is 1. The quantitative estimate of drug-likeness (QED) is 0.717. The second-order valence-electron chi connectivity index (χ2n) is 6.90. The fourth-order valence-corrected chi connectivity index (χ4v) is 3.76. The molecular formula is C16H26N4O4S. The molecule has 1 aromatic rings. The Hall–Kier alpha value is -1.45. The van der Waals surface area contributed by atoms with Crippen LogP contribution in [0, 0.1) is 0 Å². The molecular weight excluding hydrogens is 344 g/mol. The van der Waals surface area contributed by atoms with Crippen LogP contribution in [0.3, 0.4) is 0 Å². The maximum absolute atomic E-state index is 12.3. The Morgan fingerprint density at radius 3 is 2.88 bits per heavy atom. The third-order valence-corrected chi connectivity index (χ3v) is 5.77. The molecule has 1 aliphatic heterocycles. The van der Waals surface area contributed by atoms with Gasteiger partial charge in [-0.25, -0.2) is 18.1 Å². The van der Waals surface area contributed by atoms with Gasteiger partial charge in [0, 0.05) is 24.7 Å². The van der Waals surface area contributed by atoms with E-state index in [1.54, 1.807) is 4.90 Å². The van der Waals surface area contributed by atoms with Crippen molar-refractivity contribution in [3.8, 4) is 0 Å². The summed E-state index contributed by atoms with van der Waals surface area (Å²) in [6.07, 6.45) is 5.02. The number of hydrogen-bond donors (Lipinski definition) is 1. The number of hydrogen-bond acceptors (Lipinski definition) is 5. The smallest absolute Gasteiger partial charge is 0.237 e. The molecule has 0 bridgehead atoms. The van der Waals surface area contributed by atoms with E-state index in [1.165, 1.54) is 18.5 Å². The number of aromatic nitrogens is 2. The van der Waals surface area contributed by atoms with Crippen molar-refractivity contribution in [2.45, 2.75) is 51.8 Å². The Balaban J connectivity index is 1.48. The van der Waals surface area contributed by atoms with E-state index in [1.807, 2.05) is 20.2 Å². The van der Waals surface area contributed by atoms with Crippen LogP contribution in [-0.4, -0.2) is 60.3 Å². The van der Waals surface area contributed by atoms with Gasteiger partial charge in [0.2, 0.25) is 15.9 Å². The monoisotopic (exact) mass is 370 g/mol. The van der Waals surface area contributed by atoms with Crippen molar-refractivity contribution in [1.82, 2.24) is 19.2 Å². The molecule has 1 aromatic heterocycles. The summed E-state index contributed by atoms with van der Waals surface area (Å²) in [5.74, 6) is -0.367. The maximum Gasteiger partial charge on any atom is 0.237 e. The van der Waals surface area contributed by atoms with Crippen molar-refractivity contribution in [2.24, 2.45) is 0 Å². The Labute approximate surface area is 148 Å². The first-order chi connectivity index (χ1) is 11.9. The largest absolute Gasteiger partial charge is 0.378 e. The molecule has 8 nitrogen and oxygen atoms in total. The highest BCUT2D eigenvalue weighted by Crippen LogP contribution is 2.37. The summed E-state index contributed by atoms with van der Waals surface area (Å²) in [6.45, 7) is 4.64. The Morgan fingerprint density at radius 2 is 2.20 bits per heavy atom. The van der Waals surface area contributed by atoms with Crippen molar-refractivity contribution >= 4 is 15.9 Å². The van der Waals surface area contributed by atoms with Gasteiger partial charge < -0.3 is 14.2 Å². The van der Waals surface area contributed by atoms with Gasteiger partial charge in [-0.1, -0.05) is 0 Å². The van der Waals surface area contributed by atoms with Crippen LogP contribution < -0.4 is 4.72 Å². The molecule has 9 heteroatoms. The minimum atomic E-state index is -3.51. The molecule has 0 atom stereocenters. The standard InChI is InChI=1S/C16H26N4O4S/c1-12(2)24-7-8-25(22,23)18-9-16(21)19-6-5-15-14(10-19)17-11-20(15)13-3-4-13/h11-13,18H,3-10H2,1-2H3. The molecule has 1 saturated carbocycles. The minimum absolute atomic E-state index is 0.0187. The number of fused-ring (bicyclic) bond motifs is 1. The van der Waals surface area contributed by atoms with Gasteiger partial charge in [-0.3, -0.25) is 4.79 Å². The SMILES string of the molecule is CC(C)OCCS(=O)(=O)NCC(=O)N1CCc2c(ncn2C2CC2)C1. The molecule has 0 aromatic carbocycles. The van der Waals surface area contributed by atoms with E-state index in [0.29, 0.717) is 19.1 Å². The number of carbonyl (C=O) groups excluding carboxylic acids is 1. The van der Waals surface area contributed by atoms with Gasteiger partial charge in [0.25, 0.3) is 0 Å². The summed E-state index contributed by atoms with van der Waals surface area (Å²) in [5.41, 5.74) is 2.15. The molecule has 25 heavy (non-hydrogen) atoms. The second-order valence-corrected chi connectivity index (χ2v) is 8.83. The van der Waals surface area contributed by atoms with Crippen molar-refractivity contribution in [2.75, 3.05) is 25.4 Å². The predicted molar refractivity (Wildman–Crippen MR) is 92.5 cm³/mol. The van der Waals surface area contributed by atoms with Crippen LogP contribution in [0.15, 0.2) is 6.33 Å². The van der Waals surface area contributed by atoms with Crippen LogP contribution in [0.4, 0.5) is 0 Å². The van der Waals surface area contributed by atoms with Crippen molar-refractivity contribution in [3.05, 3.63) is 17.7 Å². The summed E-state index contributed by atoms with van der Waals surface area (Å²) in [4.78, 5) is 18.4. The van der Waals surface area contributed by atoms with E-state index in [4.69, 9.17) is 4.74 Å². The summed E-state index contributed by atoms with van der Waals surface area (Å²) in [6, 6.07) is 0.582. The summed E-state index contributed by atoms with van der Waals surface area (Å²) >= 11 is 0. The third-order valence-electron chi connectivity index (χ3n) is 4.48. The lowest BCUT2D eigenvalue weighted by Crippen LogP contribution is -2.43. The van der Waals surface area contributed by atoms with E-state index < -0.39 is 10.0 Å². The minimum Gasteiger partial charge on any atom is -0.378 e.